The first-order valence-corrected chi connectivity index (χ1v) is 10.5. The van der Waals surface area contributed by atoms with E-state index < -0.39 is 10.0 Å². The molecule has 0 bridgehead atoms. The van der Waals surface area contributed by atoms with Crippen LogP contribution in [0.1, 0.15) is 24.2 Å². The summed E-state index contributed by atoms with van der Waals surface area (Å²) in [6.07, 6.45) is 1.20. The molecule has 0 aliphatic heterocycles. The van der Waals surface area contributed by atoms with Gasteiger partial charge in [-0.2, -0.15) is 4.98 Å². The minimum Gasteiger partial charge on any atom is -0.339 e. The van der Waals surface area contributed by atoms with E-state index in [9.17, 15) is 8.42 Å². The highest BCUT2D eigenvalue weighted by Gasteiger charge is 2.15. The predicted octanol–water partition coefficient (Wildman–Crippen LogP) is 3.09. The van der Waals surface area contributed by atoms with E-state index in [0.717, 1.165) is 5.56 Å². The number of sulfonamides is 1. The van der Waals surface area contributed by atoms with Gasteiger partial charge in [-0.25, -0.2) is 8.42 Å². The lowest BCUT2D eigenvalue weighted by Gasteiger charge is -2.06. The van der Waals surface area contributed by atoms with Crippen LogP contribution in [0, 0.1) is 0 Å². The third-order valence-electron chi connectivity index (χ3n) is 3.81. The number of anilines is 1. The third-order valence-corrected chi connectivity index (χ3v) is 6.59. The summed E-state index contributed by atoms with van der Waals surface area (Å²) >= 11 is 1.18. The second kappa shape index (κ2) is 9.32. The van der Waals surface area contributed by atoms with Gasteiger partial charge in [0.25, 0.3) is 10.0 Å². The number of hydrogen-bond donors (Lipinski definition) is 2. The molecular weight excluding hydrogens is 408 g/mol. The van der Waals surface area contributed by atoms with Crippen LogP contribution < -0.4 is 10.0 Å². The van der Waals surface area contributed by atoms with E-state index in [1.54, 1.807) is 29.6 Å². The molecule has 1 aromatic carbocycles. The standard InChI is InChI=1S/C17H20N4O3S2.ClH/c1-12(18-2)10-15-19-16(24-20-15)11-13-5-7-14(8-6-13)21-26(22,23)17-4-3-9-25-17;/h3-9,12,18,21H,10-11H2,1-2H3;1H. The Labute approximate surface area is 168 Å². The van der Waals surface area contributed by atoms with Crippen molar-refractivity contribution in [3.05, 3.63) is 59.1 Å². The Bertz CT molecular complexity index is 941. The van der Waals surface area contributed by atoms with Crippen LogP contribution in [0.2, 0.25) is 0 Å². The van der Waals surface area contributed by atoms with E-state index in [4.69, 9.17) is 4.52 Å². The van der Waals surface area contributed by atoms with E-state index in [1.807, 2.05) is 26.1 Å². The Morgan fingerprint density at radius 3 is 2.59 bits per heavy atom. The predicted molar refractivity (Wildman–Crippen MR) is 108 cm³/mol. The van der Waals surface area contributed by atoms with Gasteiger partial charge in [-0.05, 0) is 43.1 Å². The summed E-state index contributed by atoms with van der Waals surface area (Å²) in [6.45, 7) is 2.05. The third kappa shape index (κ3) is 5.77. The van der Waals surface area contributed by atoms with Crippen LogP contribution in [-0.2, 0) is 22.9 Å². The monoisotopic (exact) mass is 428 g/mol. The maximum atomic E-state index is 12.2. The Hall–Kier alpha value is -1.94. The van der Waals surface area contributed by atoms with E-state index in [-0.39, 0.29) is 22.7 Å². The van der Waals surface area contributed by atoms with Crippen molar-refractivity contribution in [2.75, 3.05) is 11.8 Å². The van der Waals surface area contributed by atoms with Crippen molar-refractivity contribution in [3.8, 4) is 0 Å². The smallest absolute Gasteiger partial charge is 0.271 e. The average molecular weight is 429 g/mol. The number of nitrogens with one attached hydrogen (secondary N) is 2. The molecule has 2 heterocycles. The lowest BCUT2D eigenvalue weighted by Crippen LogP contribution is -2.24. The van der Waals surface area contributed by atoms with Crippen molar-refractivity contribution in [2.45, 2.75) is 30.0 Å². The average Bonchev–Trinajstić information content (AvgIpc) is 3.29. The van der Waals surface area contributed by atoms with Crippen LogP contribution in [0.5, 0.6) is 0 Å². The van der Waals surface area contributed by atoms with Crippen LogP contribution in [0.25, 0.3) is 0 Å². The summed E-state index contributed by atoms with van der Waals surface area (Å²) in [5.41, 5.74) is 1.47. The summed E-state index contributed by atoms with van der Waals surface area (Å²) in [5, 5.41) is 8.84. The van der Waals surface area contributed by atoms with Gasteiger partial charge in [0.05, 0.1) is 6.42 Å². The molecule has 0 saturated carbocycles. The highest BCUT2D eigenvalue weighted by atomic mass is 35.5. The van der Waals surface area contributed by atoms with Crippen LogP contribution in [0.3, 0.4) is 0 Å². The molecule has 27 heavy (non-hydrogen) atoms. The van der Waals surface area contributed by atoms with Gasteiger partial charge in [0.15, 0.2) is 5.82 Å². The number of nitrogens with zero attached hydrogens (tertiary/aromatic N) is 2. The molecule has 0 saturated heterocycles. The Balaban J connectivity index is 0.00000261. The van der Waals surface area contributed by atoms with Crippen molar-refractivity contribution in [2.24, 2.45) is 0 Å². The first-order chi connectivity index (χ1) is 12.5. The highest BCUT2D eigenvalue weighted by Crippen LogP contribution is 2.21. The first-order valence-electron chi connectivity index (χ1n) is 8.10. The van der Waals surface area contributed by atoms with Crippen molar-refractivity contribution >= 4 is 39.5 Å². The van der Waals surface area contributed by atoms with Crippen molar-refractivity contribution in [3.63, 3.8) is 0 Å². The summed E-state index contributed by atoms with van der Waals surface area (Å²) in [7, 11) is -1.64. The fraction of sp³-hybridized carbons (Fsp3) is 0.294. The Kier molecular flexibility index (Phi) is 7.37. The second-order valence-corrected chi connectivity index (χ2v) is 8.77. The topological polar surface area (TPSA) is 97.1 Å². The number of halogens is 1. The molecule has 7 nitrogen and oxygen atoms in total. The molecule has 0 spiro atoms. The molecule has 1 unspecified atom stereocenters. The van der Waals surface area contributed by atoms with Gasteiger partial charge in [-0.3, -0.25) is 4.72 Å². The number of rotatable bonds is 8. The van der Waals surface area contributed by atoms with Crippen LogP contribution in [0.4, 0.5) is 5.69 Å². The zero-order chi connectivity index (χ0) is 18.6. The van der Waals surface area contributed by atoms with Gasteiger partial charge >= 0.3 is 0 Å². The Morgan fingerprint density at radius 1 is 1.22 bits per heavy atom. The van der Waals surface area contributed by atoms with Crippen LogP contribution in [-0.4, -0.2) is 31.6 Å². The van der Waals surface area contributed by atoms with Gasteiger partial charge < -0.3 is 9.84 Å². The molecule has 2 N–H and O–H groups in total. The second-order valence-electron chi connectivity index (χ2n) is 5.91. The fourth-order valence-corrected chi connectivity index (χ4v) is 4.36. The van der Waals surface area contributed by atoms with Gasteiger partial charge in [0.1, 0.15) is 4.21 Å². The molecule has 1 atom stereocenters. The van der Waals surface area contributed by atoms with E-state index >= 15 is 0 Å². The summed E-state index contributed by atoms with van der Waals surface area (Å²) < 4.78 is 32.6. The van der Waals surface area contributed by atoms with Gasteiger partial charge in [-0.1, -0.05) is 23.4 Å². The maximum absolute atomic E-state index is 12.2. The number of thiophene rings is 1. The molecule has 146 valence electrons. The summed E-state index contributed by atoms with van der Waals surface area (Å²) in [4.78, 5) is 4.38. The minimum atomic E-state index is -3.53. The summed E-state index contributed by atoms with van der Waals surface area (Å²) in [5.74, 6) is 1.21. The van der Waals surface area contributed by atoms with E-state index in [0.29, 0.717) is 30.2 Å². The number of aromatic nitrogens is 2. The molecule has 0 aliphatic rings. The molecule has 0 amide bonds. The fourth-order valence-electron chi connectivity index (χ4n) is 2.31. The van der Waals surface area contributed by atoms with E-state index in [2.05, 4.69) is 20.2 Å². The quantitative estimate of drug-likeness (QED) is 0.572. The molecule has 10 heteroatoms. The lowest BCUT2D eigenvalue weighted by atomic mass is 10.1. The molecule has 0 radical (unpaired) electrons. The van der Waals surface area contributed by atoms with Crippen molar-refractivity contribution in [1.29, 1.82) is 0 Å². The molecule has 3 aromatic rings. The lowest BCUT2D eigenvalue weighted by molar-refractivity contribution is 0.377. The minimum absolute atomic E-state index is 0. The SMILES string of the molecule is CNC(C)Cc1noc(Cc2ccc(NS(=O)(=O)c3cccs3)cc2)n1.Cl. The number of benzene rings is 1. The number of hydrogen-bond acceptors (Lipinski definition) is 7. The zero-order valence-electron chi connectivity index (χ0n) is 14.9. The van der Waals surface area contributed by atoms with Gasteiger partial charge in [-0.15, -0.1) is 23.7 Å². The van der Waals surface area contributed by atoms with Crippen molar-refractivity contribution < 1.29 is 12.9 Å². The van der Waals surface area contributed by atoms with Crippen LogP contribution >= 0.6 is 23.7 Å². The molecule has 0 fully saturated rings. The van der Waals surface area contributed by atoms with Gasteiger partial charge in [0.2, 0.25) is 5.89 Å². The Morgan fingerprint density at radius 2 is 1.96 bits per heavy atom. The molecule has 3 rings (SSSR count). The van der Waals surface area contributed by atoms with E-state index in [1.165, 1.54) is 11.3 Å². The molecule has 0 aliphatic carbocycles. The van der Waals surface area contributed by atoms with Crippen molar-refractivity contribution in [1.82, 2.24) is 15.5 Å². The maximum Gasteiger partial charge on any atom is 0.271 e. The van der Waals surface area contributed by atoms with Gasteiger partial charge in [0, 0.05) is 18.2 Å². The normalized spacial score (nSPS) is 12.4. The summed E-state index contributed by atoms with van der Waals surface area (Å²) in [6, 6.07) is 10.7. The van der Waals surface area contributed by atoms with Crippen LogP contribution in [0.15, 0.2) is 50.5 Å². The largest absolute Gasteiger partial charge is 0.339 e. The zero-order valence-corrected chi connectivity index (χ0v) is 17.3. The highest BCUT2D eigenvalue weighted by molar-refractivity contribution is 7.94. The first kappa shape index (κ1) is 21.4. The molecular formula is C17H21ClN4O3S2. The number of likely N-dealkylation sites (N-methyl/N-ethyl adjacent to an activating group) is 1. The molecule has 2 aromatic heterocycles.